The smallest absolute Gasteiger partial charge is 0.221 e. The molecule has 0 aliphatic carbocycles. The van der Waals surface area contributed by atoms with E-state index in [-0.39, 0.29) is 5.91 Å². The first-order valence-electron chi connectivity index (χ1n) is 5.61. The number of hydrogen-bond acceptors (Lipinski definition) is 2. The minimum absolute atomic E-state index is 0.159. The van der Waals surface area contributed by atoms with Crippen molar-refractivity contribution in [3.63, 3.8) is 0 Å². The molecule has 0 heterocycles. The van der Waals surface area contributed by atoms with Crippen LogP contribution in [0.5, 0.6) is 0 Å². The van der Waals surface area contributed by atoms with Crippen molar-refractivity contribution < 1.29 is 4.79 Å². The van der Waals surface area contributed by atoms with E-state index in [1.54, 1.807) is 0 Å². The molecule has 1 unspecified atom stereocenters. The Morgan fingerprint density at radius 2 is 1.93 bits per heavy atom. The van der Waals surface area contributed by atoms with Gasteiger partial charge in [0.15, 0.2) is 0 Å². The Morgan fingerprint density at radius 3 is 2.36 bits per heavy atom. The molecule has 0 saturated carbocycles. The molecule has 0 saturated heterocycles. The Hall–Kier alpha value is -0.570. The number of carbonyl (C=O) groups excluding carboxylic acids is 1. The fourth-order valence-corrected chi connectivity index (χ4v) is 1.40. The molecule has 0 aromatic rings. The highest BCUT2D eigenvalue weighted by atomic mass is 16.1. The van der Waals surface area contributed by atoms with Gasteiger partial charge in [0.2, 0.25) is 5.91 Å². The highest BCUT2D eigenvalue weighted by Gasteiger charge is 2.12. The predicted molar refractivity (Wildman–Crippen MR) is 60.2 cm³/mol. The van der Waals surface area contributed by atoms with Crippen LogP contribution in [0.2, 0.25) is 0 Å². The minimum Gasteiger partial charge on any atom is -0.353 e. The lowest BCUT2D eigenvalue weighted by atomic mass is 10.0. The first-order chi connectivity index (χ1) is 6.61. The van der Waals surface area contributed by atoms with Crippen LogP contribution in [0.1, 0.15) is 40.5 Å². The maximum absolute atomic E-state index is 11.4. The number of carbonyl (C=O) groups is 1. The number of rotatable bonds is 7. The lowest BCUT2D eigenvalue weighted by Crippen LogP contribution is -2.39. The van der Waals surface area contributed by atoms with Crippen LogP contribution in [0.25, 0.3) is 0 Å². The third-order valence-electron chi connectivity index (χ3n) is 2.37. The normalized spacial score (nSPS) is 12.9. The van der Waals surface area contributed by atoms with Crippen molar-refractivity contribution in [2.75, 3.05) is 13.1 Å². The standard InChI is InChI=1S/C11H24N2O/c1-5-10(9(3)4)13-11(14)7-8-12-6-2/h9-10,12H,5-8H2,1-4H3,(H,13,14). The van der Waals surface area contributed by atoms with Crippen LogP contribution in [0.15, 0.2) is 0 Å². The van der Waals surface area contributed by atoms with Gasteiger partial charge in [0, 0.05) is 19.0 Å². The molecule has 0 spiro atoms. The predicted octanol–water partition coefficient (Wildman–Crippen LogP) is 1.54. The molecular weight excluding hydrogens is 176 g/mol. The number of hydrogen-bond donors (Lipinski definition) is 2. The second kappa shape index (κ2) is 7.80. The Morgan fingerprint density at radius 1 is 1.29 bits per heavy atom. The summed E-state index contributed by atoms with van der Waals surface area (Å²) in [6, 6.07) is 0.323. The minimum atomic E-state index is 0.159. The summed E-state index contributed by atoms with van der Waals surface area (Å²) in [6.07, 6.45) is 1.58. The zero-order chi connectivity index (χ0) is 11.0. The molecule has 0 aliphatic heterocycles. The summed E-state index contributed by atoms with van der Waals surface area (Å²) < 4.78 is 0. The fourth-order valence-electron chi connectivity index (χ4n) is 1.40. The molecule has 0 aliphatic rings. The van der Waals surface area contributed by atoms with E-state index < -0.39 is 0 Å². The van der Waals surface area contributed by atoms with E-state index in [9.17, 15) is 4.79 Å². The average Bonchev–Trinajstić information content (AvgIpc) is 2.14. The van der Waals surface area contributed by atoms with Gasteiger partial charge in [0.1, 0.15) is 0 Å². The van der Waals surface area contributed by atoms with Gasteiger partial charge in [0.25, 0.3) is 0 Å². The molecule has 0 fully saturated rings. The molecule has 0 aromatic carbocycles. The summed E-state index contributed by atoms with van der Waals surface area (Å²) in [5, 5.41) is 6.18. The molecule has 0 rings (SSSR count). The van der Waals surface area contributed by atoms with Crippen molar-refractivity contribution in [3.8, 4) is 0 Å². The number of nitrogens with one attached hydrogen (secondary N) is 2. The van der Waals surface area contributed by atoms with Crippen LogP contribution < -0.4 is 10.6 Å². The van der Waals surface area contributed by atoms with Crippen molar-refractivity contribution in [2.24, 2.45) is 5.92 Å². The molecule has 1 amide bonds. The summed E-state index contributed by atoms with van der Waals surface area (Å²) in [5.74, 6) is 0.676. The Balaban J connectivity index is 3.68. The zero-order valence-corrected chi connectivity index (χ0v) is 9.89. The molecule has 3 heteroatoms. The van der Waals surface area contributed by atoms with Gasteiger partial charge < -0.3 is 10.6 Å². The quantitative estimate of drug-likeness (QED) is 0.612. The van der Waals surface area contributed by atoms with Crippen LogP contribution in [0.3, 0.4) is 0 Å². The maximum atomic E-state index is 11.4. The molecule has 3 nitrogen and oxygen atoms in total. The average molecular weight is 200 g/mol. The first kappa shape index (κ1) is 13.4. The van der Waals surface area contributed by atoms with E-state index in [4.69, 9.17) is 0 Å². The van der Waals surface area contributed by atoms with E-state index in [0.29, 0.717) is 18.4 Å². The third-order valence-corrected chi connectivity index (χ3v) is 2.37. The van der Waals surface area contributed by atoms with E-state index in [1.807, 2.05) is 6.92 Å². The summed E-state index contributed by atoms with van der Waals surface area (Å²) in [6.45, 7) is 10.1. The van der Waals surface area contributed by atoms with Gasteiger partial charge in [-0.05, 0) is 18.9 Å². The van der Waals surface area contributed by atoms with Gasteiger partial charge in [-0.2, -0.15) is 0 Å². The Kier molecular flexibility index (Phi) is 7.48. The van der Waals surface area contributed by atoms with Gasteiger partial charge in [-0.15, -0.1) is 0 Å². The van der Waals surface area contributed by atoms with Gasteiger partial charge in [-0.25, -0.2) is 0 Å². The molecule has 0 bridgehead atoms. The van der Waals surface area contributed by atoms with E-state index in [0.717, 1.165) is 19.5 Å². The topological polar surface area (TPSA) is 41.1 Å². The van der Waals surface area contributed by atoms with Crippen molar-refractivity contribution in [3.05, 3.63) is 0 Å². The number of amides is 1. The van der Waals surface area contributed by atoms with E-state index in [2.05, 4.69) is 31.4 Å². The summed E-state index contributed by atoms with van der Waals surface area (Å²) in [7, 11) is 0. The Labute approximate surface area is 87.6 Å². The summed E-state index contributed by atoms with van der Waals surface area (Å²) in [5.41, 5.74) is 0. The highest BCUT2D eigenvalue weighted by Crippen LogP contribution is 2.05. The Bertz CT molecular complexity index is 157. The fraction of sp³-hybridized carbons (Fsp3) is 0.909. The van der Waals surface area contributed by atoms with Crippen molar-refractivity contribution in [1.29, 1.82) is 0 Å². The van der Waals surface area contributed by atoms with E-state index >= 15 is 0 Å². The summed E-state index contributed by atoms with van der Waals surface area (Å²) in [4.78, 5) is 11.4. The second-order valence-corrected chi connectivity index (χ2v) is 3.93. The molecule has 84 valence electrons. The third kappa shape index (κ3) is 5.97. The maximum Gasteiger partial charge on any atom is 0.221 e. The summed E-state index contributed by atoms with van der Waals surface area (Å²) >= 11 is 0. The zero-order valence-electron chi connectivity index (χ0n) is 9.89. The van der Waals surface area contributed by atoms with Crippen molar-refractivity contribution >= 4 is 5.91 Å². The molecule has 1 atom stereocenters. The molecular formula is C11H24N2O. The molecule has 14 heavy (non-hydrogen) atoms. The van der Waals surface area contributed by atoms with Gasteiger partial charge in [-0.3, -0.25) is 4.79 Å². The molecule has 0 radical (unpaired) electrons. The van der Waals surface area contributed by atoms with Crippen LogP contribution in [0, 0.1) is 5.92 Å². The molecule has 0 aromatic heterocycles. The largest absolute Gasteiger partial charge is 0.353 e. The van der Waals surface area contributed by atoms with Crippen molar-refractivity contribution in [1.82, 2.24) is 10.6 Å². The van der Waals surface area contributed by atoms with Crippen LogP contribution in [-0.4, -0.2) is 25.0 Å². The lowest BCUT2D eigenvalue weighted by Gasteiger charge is -2.20. The van der Waals surface area contributed by atoms with Crippen LogP contribution in [-0.2, 0) is 4.79 Å². The van der Waals surface area contributed by atoms with Crippen LogP contribution in [0.4, 0.5) is 0 Å². The van der Waals surface area contributed by atoms with Gasteiger partial charge >= 0.3 is 0 Å². The second-order valence-electron chi connectivity index (χ2n) is 3.93. The molecule has 2 N–H and O–H groups in total. The van der Waals surface area contributed by atoms with Gasteiger partial charge in [0.05, 0.1) is 0 Å². The van der Waals surface area contributed by atoms with Crippen LogP contribution >= 0.6 is 0 Å². The van der Waals surface area contributed by atoms with E-state index in [1.165, 1.54) is 0 Å². The van der Waals surface area contributed by atoms with Gasteiger partial charge in [-0.1, -0.05) is 27.7 Å². The van der Waals surface area contributed by atoms with Crippen molar-refractivity contribution in [2.45, 2.75) is 46.6 Å². The first-order valence-corrected chi connectivity index (χ1v) is 5.61. The SMILES string of the molecule is CCNCCC(=O)NC(CC)C(C)C. The monoisotopic (exact) mass is 200 g/mol. The lowest BCUT2D eigenvalue weighted by molar-refractivity contribution is -0.122. The highest BCUT2D eigenvalue weighted by molar-refractivity contribution is 5.76.